The number of rotatable bonds is 5. The quantitative estimate of drug-likeness (QED) is 0.625. The molecular weight excluding hydrogens is 274 g/mol. The Morgan fingerprint density at radius 1 is 1.37 bits per heavy atom. The monoisotopic (exact) mass is 284 g/mol. The number of nitrogens with zero attached hydrogens (tertiary/aromatic N) is 4. The van der Waals surface area contributed by atoms with Gasteiger partial charge >= 0.3 is 6.61 Å². The van der Waals surface area contributed by atoms with Crippen LogP contribution in [0.15, 0.2) is 40.9 Å². The molecule has 2 aromatic rings. The SMILES string of the molecule is CSc1nncn1N=Cc1ccc(OC(F)F)cc1. The maximum Gasteiger partial charge on any atom is 0.387 e. The van der Waals surface area contributed by atoms with Crippen LogP contribution in [0.4, 0.5) is 8.78 Å². The number of thioether (sulfide) groups is 1. The highest BCUT2D eigenvalue weighted by atomic mass is 32.2. The average molecular weight is 284 g/mol. The first-order valence-electron chi connectivity index (χ1n) is 5.22. The molecule has 1 aromatic carbocycles. The van der Waals surface area contributed by atoms with Gasteiger partial charge in [-0.25, -0.2) is 0 Å². The van der Waals surface area contributed by atoms with Crippen molar-refractivity contribution in [3.05, 3.63) is 36.2 Å². The number of benzene rings is 1. The lowest BCUT2D eigenvalue weighted by Crippen LogP contribution is -2.01. The van der Waals surface area contributed by atoms with E-state index in [2.05, 4.69) is 20.0 Å². The van der Waals surface area contributed by atoms with Crippen molar-refractivity contribution in [3.8, 4) is 5.75 Å². The Hall–Kier alpha value is -1.96. The molecule has 0 saturated carbocycles. The Labute approximate surface area is 112 Å². The molecule has 0 aliphatic carbocycles. The minimum Gasteiger partial charge on any atom is -0.435 e. The molecule has 8 heteroatoms. The Balaban J connectivity index is 2.07. The van der Waals surface area contributed by atoms with Crippen molar-refractivity contribution < 1.29 is 13.5 Å². The summed E-state index contributed by atoms with van der Waals surface area (Å²) in [4.78, 5) is 0. The standard InChI is InChI=1S/C11H10F2N4OS/c1-19-11-16-14-7-17(11)15-6-8-2-4-9(5-3-8)18-10(12)13/h2-7,10H,1H3. The zero-order valence-electron chi connectivity index (χ0n) is 9.90. The van der Waals surface area contributed by atoms with E-state index in [0.717, 1.165) is 5.56 Å². The van der Waals surface area contributed by atoms with Crippen LogP contribution in [0.3, 0.4) is 0 Å². The first-order valence-corrected chi connectivity index (χ1v) is 6.45. The van der Waals surface area contributed by atoms with E-state index in [-0.39, 0.29) is 5.75 Å². The molecule has 0 saturated heterocycles. The van der Waals surface area contributed by atoms with Crippen LogP contribution in [0.5, 0.6) is 5.75 Å². The predicted octanol–water partition coefficient (Wildman–Crippen LogP) is 2.48. The molecule has 5 nitrogen and oxygen atoms in total. The summed E-state index contributed by atoms with van der Waals surface area (Å²) in [6, 6.07) is 6.17. The summed E-state index contributed by atoms with van der Waals surface area (Å²) in [5, 5.41) is 12.4. The lowest BCUT2D eigenvalue weighted by Gasteiger charge is -2.03. The van der Waals surface area contributed by atoms with Gasteiger partial charge in [-0.15, -0.1) is 10.2 Å². The topological polar surface area (TPSA) is 52.3 Å². The van der Waals surface area contributed by atoms with Gasteiger partial charge in [0.25, 0.3) is 0 Å². The summed E-state index contributed by atoms with van der Waals surface area (Å²) in [7, 11) is 0. The molecule has 0 atom stereocenters. The number of halogens is 2. The van der Waals surface area contributed by atoms with Crippen LogP contribution in [-0.4, -0.2) is 34.0 Å². The third-order valence-electron chi connectivity index (χ3n) is 2.12. The maximum absolute atomic E-state index is 12.0. The molecule has 0 radical (unpaired) electrons. The summed E-state index contributed by atoms with van der Waals surface area (Å²) < 4.78 is 29.7. The summed E-state index contributed by atoms with van der Waals surface area (Å²) in [5.41, 5.74) is 0.752. The van der Waals surface area contributed by atoms with Gasteiger partial charge in [0.05, 0.1) is 6.21 Å². The summed E-state index contributed by atoms with van der Waals surface area (Å²) in [5.74, 6) is 0.112. The van der Waals surface area contributed by atoms with E-state index in [1.54, 1.807) is 18.3 Å². The molecule has 0 N–H and O–H groups in total. The van der Waals surface area contributed by atoms with Crippen molar-refractivity contribution in [1.82, 2.24) is 14.9 Å². The van der Waals surface area contributed by atoms with Crippen LogP contribution in [0.25, 0.3) is 0 Å². The van der Waals surface area contributed by atoms with E-state index in [9.17, 15) is 8.78 Å². The molecule has 0 amide bonds. The van der Waals surface area contributed by atoms with E-state index in [1.165, 1.54) is 34.9 Å². The van der Waals surface area contributed by atoms with Crippen molar-refractivity contribution in [2.45, 2.75) is 11.8 Å². The van der Waals surface area contributed by atoms with Crippen molar-refractivity contribution in [2.75, 3.05) is 6.26 Å². The Morgan fingerprint density at radius 3 is 2.74 bits per heavy atom. The van der Waals surface area contributed by atoms with Crippen molar-refractivity contribution in [2.24, 2.45) is 5.10 Å². The molecule has 0 unspecified atom stereocenters. The third-order valence-corrected chi connectivity index (χ3v) is 2.75. The fourth-order valence-corrected chi connectivity index (χ4v) is 1.71. The van der Waals surface area contributed by atoms with Crippen LogP contribution in [0.2, 0.25) is 0 Å². The fraction of sp³-hybridized carbons (Fsp3) is 0.182. The zero-order chi connectivity index (χ0) is 13.7. The highest BCUT2D eigenvalue weighted by Crippen LogP contribution is 2.14. The second-order valence-electron chi connectivity index (χ2n) is 3.35. The largest absolute Gasteiger partial charge is 0.435 e. The fourth-order valence-electron chi connectivity index (χ4n) is 1.30. The van der Waals surface area contributed by atoms with Crippen LogP contribution in [-0.2, 0) is 0 Å². The molecule has 0 fully saturated rings. The smallest absolute Gasteiger partial charge is 0.387 e. The summed E-state index contributed by atoms with van der Waals surface area (Å²) in [6.45, 7) is -2.82. The normalized spacial score (nSPS) is 11.4. The van der Waals surface area contributed by atoms with Crippen molar-refractivity contribution in [3.63, 3.8) is 0 Å². The Kier molecular flexibility index (Phi) is 4.45. The van der Waals surface area contributed by atoms with Crippen LogP contribution in [0, 0.1) is 0 Å². The second-order valence-corrected chi connectivity index (χ2v) is 4.13. The molecule has 0 bridgehead atoms. The molecule has 0 aliphatic heterocycles. The summed E-state index contributed by atoms with van der Waals surface area (Å²) >= 11 is 1.42. The number of ether oxygens (including phenoxy) is 1. The molecule has 1 aromatic heterocycles. The average Bonchev–Trinajstić information content (AvgIpc) is 2.84. The zero-order valence-corrected chi connectivity index (χ0v) is 10.7. The highest BCUT2D eigenvalue weighted by molar-refractivity contribution is 7.98. The lowest BCUT2D eigenvalue weighted by atomic mass is 10.2. The van der Waals surface area contributed by atoms with E-state index in [1.807, 2.05) is 6.26 Å². The molecular formula is C11H10F2N4OS. The first-order chi connectivity index (χ1) is 9.19. The highest BCUT2D eigenvalue weighted by Gasteiger charge is 2.03. The summed E-state index contributed by atoms with van der Waals surface area (Å²) in [6.07, 6.45) is 4.93. The molecule has 19 heavy (non-hydrogen) atoms. The van der Waals surface area contributed by atoms with Gasteiger partial charge in [-0.3, -0.25) is 0 Å². The predicted molar refractivity (Wildman–Crippen MR) is 67.9 cm³/mol. The first kappa shape index (κ1) is 13.5. The van der Waals surface area contributed by atoms with Crippen molar-refractivity contribution in [1.29, 1.82) is 0 Å². The van der Waals surface area contributed by atoms with Crippen molar-refractivity contribution >= 4 is 18.0 Å². The van der Waals surface area contributed by atoms with Gasteiger partial charge in [0, 0.05) is 0 Å². The van der Waals surface area contributed by atoms with E-state index in [4.69, 9.17) is 0 Å². The maximum atomic E-state index is 12.0. The van der Waals surface area contributed by atoms with Gasteiger partial charge in [-0.1, -0.05) is 11.8 Å². The third kappa shape index (κ3) is 3.75. The molecule has 0 aliphatic rings. The van der Waals surface area contributed by atoms with E-state index < -0.39 is 6.61 Å². The minimum absolute atomic E-state index is 0.112. The lowest BCUT2D eigenvalue weighted by molar-refractivity contribution is -0.0498. The molecule has 2 rings (SSSR count). The Bertz CT molecular complexity index is 556. The molecule has 1 heterocycles. The van der Waals surface area contributed by atoms with Gasteiger partial charge in [-0.2, -0.15) is 18.6 Å². The van der Waals surface area contributed by atoms with Gasteiger partial charge in [0.15, 0.2) is 0 Å². The van der Waals surface area contributed by atoms with Crippen LogP contribution >= 0.6 is 11.8 Å². The number of aromatic nitrogens is 3. The van der Waals surface area contributed by atoms with Crippen LogP contribution < -0.4 is 4.74 Å². The number of hydrogen-bond acceptors (Lipinski definition) is 5. The molecule has 100 valence electrons. The van der Waals surface area contributed by atoms with Gasteiger partial charge in [-0.05, 0) is 36.1 Å². The van der Waals surface area contributed by atoms with Crippen LogP contribution in [0.1, 0.15) is 5.56 Å². The number of hydrogen-bond donors (Lipinski definition) is 0. The minimum atomic E-state index is -2.82. The van der Waals surface area contributed by atoms with Gasteiger partial charge in [0.2, 0.25) is 5.16 Å². The second kappa shape index (κ2) is 6.28. The van der Waals surface area contributed by atoms with Gasteiger partial charge in [0.1, 0.15) is 12.1 Å². The number of alkyl halides is 2. The van der Waals surface area contributed by atoms with Gasteiger partial charge < -0.3 is 4.74 Å². The molecule has 0 spiro atoms. The Morgan fingerprint density at radius 2 is 2.11 bits per heavy atom. The van der Waals surface area contributed by atoms with E-state index >= 15 is 0 Å². The van der Waals surface area contributed by atoms with E-state index in [0.29, 0.717) is 5.16 Å².